The topological polar surface area (TPSA) is 44.8 Å². The van der Waals surface area contributed by atoms with Crippen LogP contribution in [0.3, 0.4) is 0 Å². The van der Waals surface area contributed by atoms with Crippen LogP contribution in [0, 0.1) is 0 Å². The summed E-state index contributed by atoms with van der Waals surface area (Å²) in [5.41, 5.74) is 3.54. The number of carbonyl (C=O) groups excluding carboxylic acids is 1. The van der Waals surface area contributed by atoms with Gasteiger partial charge in [0.05, 0.1) is 21.3 Å². The predicted molar refractivity (Wildman–Crippen MR) is 111 cm³/mol. The van der Waals surface area contributed by atoms with Crippen LogP contribution in [-0.4, -0.2) is 27.1 Å². The molecule has 4 nitrogen and oxygen atoms in total. The summed E-state index contributed by atoms with van der Waals surface area (Å²) in [6, 6.07) is 21.2. The normalized spacial score (nSPS) is 10.7. The average Bonchev–Trinajstić information content (AvgIpc) is 2.77. The molecule has 0 radical (unpaired) electrons. The lowest BCUT2D eigenvalue weighted by atomic mass is 10.0. The third-order valence-electron chi connectivity index (χ3n) is 4.43. The molecule has 0 saturated carbocycles. The molecule has 0 spiro atoms. The molecule has 0 bridgehead atoms. The van der Waals surface area contributed by atoms with Gasteiger partial charge in [-0.1, -0.05) is 54.6 Å². The van der Waals surface area contributed by atoms with Gasteiger partial charge in [-0.15, -0.1) is 0 Å². The van der Waals surface area contributed by atoms with Crippen molar-refractivity contribution in [3.63, 3.8) is 0 Å². The van der Waals surface area contributed by atoms with Crippen molar-refractivity contribution in [2.24, 2.45) is 0 Å². The van der Waals surface area contributed by atoms with Crippen LogP contribution >= 0.6 is 0 Å². The van der Waals surface area contributed by atoms with Crippen LogP contribution in [0.5, 0.6) is 17.2 Å². The number of allylic oxidation sites excluding steroid dienone is 1. The fourth-order valence-corrected chi connectivity index (χ4v) is 2.97. The molecule has 3 rings (SSSR count). The van der Waals surface area contributed by atoms with E-state index < -0.39 is 0 Å². The van der Waals surface area contributed by atoms with Gasteiger partial charge in [0, 0.05) is 11.1 Å². The molecule has 3 aromatic carbocycles. The number of benzene rings is 3. The molecule has 0 unspecified atom stereocenters. The minimum absolute atomic E-state index is 0.0866. The number of ketones is 1. The molecular weight excluding hydrogens is 352 g/mol. The molecule has 0 aromatic heterocycles. The van der Waals surface area contributed by atoms with Gasteiger partial charge in [0.25, 0.3) is 0 Å². The molecule has 3 aromatic rings. The first-order chi connectivity index (χ1) is 13.7. The fourth-order valence-electron chi connectivity index (χ4n) is 2.97. The Labute approximate surface area is 165 Å². The molecule has 0 N–H and O–H groups in total. The number of methoxy groups -OCH3 is 3. The largest absolute Gasteiger partial charge is 0.493 e. The zero-order valence-corrected chi connectivity index (χ0v) is 16.1. The van der Waals surface area contributed by atoms with E-state index in [2.05, 4.69) is 0 Å². The molecule has 142 valence electrons. The van der Waals surface area contributed by atoms with E-state index in [1.54, 1.807) is 33.5 Å². The highest BCUT2D eigenvalue weighted by molar-refractivity contribution is 6.07. The van der Waals surface area contributed by atoms with Gasteiger partial charge in [-0.25, -0.2) is 0 Å². The Morgan fingerprint density at radius 3 is 1.96 bits per heavy atom. The van der Waals surface area contributed by atoms with Crippen LogP contribution in [-0.2, 0) is 0 Å². The molecule has 0 heterocycles. The van der Waals surface area contributed by atoms with Crippen molar-refractivity contribution in [2.45, 2.75) is 0 Å². The average molecular weight is 374 g/mol. The minimum atomic E-state index is -0.0866. The number of carbonyl (C=O) groups is 1. The standard InChI is InChI=1S/C24H22O4/c1-26-22-16-14-20(23(27-2)24(22)28-3)13-15-21(25)19-11-9-18(10-12-19)17-7-5-4-6-8-17/h4-16H,1-3H3/b15-13+. The Hall–Kier alpha value is -3.53. The van der Waals surface area contributed by atoms with Crippen molar-refractivity contribution in [1.82, 2.24) is 0 Å². The van der Waals surface area contributed by atoms with Gasteiger partial charge in [-0.3, -0.25) is 4.79 Å². The summed E-state index contributed by atoms with van der Waals surface area (Å²) in [5.74, 6) is 1.49. The van der Waals surface area contributed by atoms with Crippen LogP contribution in [0.4, 0.5) is 0 Å². The second-order valence-corrected chi connectivity index (χ2v) is 6.06. The lowest BCUT2D eigenvalue weighted by Crippen LogP contribution is -1.97. The molecule has 0 amide bonds. The third kappa shape index (κ3) is 4.07. The zero-order valence-electron chi connectivity index (χ0n) is 16.1. The Balaban J connectivity index is 1.82. The van der Waals surface area contributed by atoms with E-state index in [9.17, 15) is 4.79 Å². The lowest BCUT2D eigenvalue weighted by Gasteiger charge is -2.13. The van der Waals surface area contributed by atoms with E-state index in [0.29, 0.717) is 22.8 Å². The zero-order chi connectivity index (χ0) is 19.9. The highest BCUT2D eigenvalue weighted by atomic mass is 16.5. The Kier molecular flexibility index (Phi) is 6.12. The predicted octanol–water partition coefficient (Wildman–Crippen LogP) is 5.28. The quantitative estimate of drug-likeness (QED) is 0.417. The Morgan fingerprint density at radius 2 is 1.36 bits per heavy atom. The summed E-state index contributed by atoms with van der Waals surface area (Å²) >= 11 is 0. The van der Waals surface area contributed by atoms with Crippen molar-refractivity contribution >= 4 is 11.9 Å². The van der Waals surface area contributed by atoms with E-state index in [-0.39, 0.29) is 5.78 Å². The van der Waals surface area contributed by atoms with Gasteiger partial charge in [-0.2, -0.15) is 0 Å². The van der Waals surface area contributed by atoms with Crippen molar-refractivity contribution in [3.8, 4) is 28.4 Å². The summed E-state index contributed by atoms with van der Waals surface area (Å²) < 4.78 is 16.1. The van der Waals surface area contributed by atoms with Gasteiger partial charge in [0.15, 0.2) is 17.3 Å². The van der Waals surface area contributed by atoms with Crippen molar-refractivity contribution in [2.75, 3.05) is 21.3 Å². The smallest absolute Gasteiger partial charge is 0.203 e. The summed E-state index contributed by atoms with van der Waals surface area (Å²) in [7, 11) is 4.67. The summed E-state index contributed by atoms with van der Waals surface area (Å²) in [6.45, 7) is 0. The van der Waals surface area contributed by atoms with E-state index in [1.165, 1.54) is 6.08 Å². The minimum Gasteiger partial charge on any atom is -0.493 e. The maximum Gasteiger partial charge on any atom is 0.203 e. The molecule has 0 saturated heterocycles. The summed E-state index contributed by atoms with van der Waals surface area (Å²) in [4.78, 5) is 12.6. The summed E-state index contributed by atoms with van der Waals surface area (Å²) in [6.07, 6.45) is 3.25. The van der Waals surface area contributed by atoms with Gasteiger partial charge < -0.3 is 14.2 Å². The van der Waals surface area contributed by atoms with Crippen LogP contribution in [0.15, 0.2) is 72.8 Å². The summed E-state index contributed by atoms with van der Waals surface area (Å²) in [5, 5.41) is 0. The molecule has 0 atom stereocenters. The molecule has 0 aliphatic carbocycles. The van der Waals surface area contributed by atoms with E-state index in [4.69, 9.17) is 14.2 Å². The van der Waals surface area contributed by atoms with Gasteiger partial charge in [-0.05, 0) is 35.4 Å². The first-order valence-electron chi connectivity index (χ1n) is 8.84. The third-order valence-corrected chi connectivity index (χ3v) is 4.43. The Bertz CT molecular complexity index is 973. The first-order valence-corrected chi connectivity index (χ1v) is 8.84. The van der Waals surface area contributed by atoms with E-state index >= 15 is 0 Å². The highest BCUT2D eigenvalue weighted by Crippen LogP contribution is 2.40. The first kappa shape index (κ1) is 19.2. The molecule has 4 heteroatoms. The van der Waals surface area contributed by atoms with Crippen molar-refractivity contribution < 1.29 is 19.0 Å². The van der Waals surface area contributed by atoms with Crippen LogP contribution in [0.1, 0.15) is 15.9 Å². The molecular formula is C24H22O4. The molecule has 0 aliphatic rings. The fraction of sp³-hybridized carbons (Fsp3) is 0.125. The number of hydrogen-bond donors (Lipinski definition) is 0. The van der Waals surface area contributed by atoms with Crippen LogP contribution in [0.2, 0.25) is 0 Å². The maximum absolute atomic E-state index is 12.6. The monoisotopic (exact) mass is 374 g/mol. The van der Waals surface area contributed by atoms with Crippen LogP contribution in [0.25, 0.3) is 17.2 Å². The Morgan fingerprint density at radius 1 is 0.714 bits per heavy atom. The van der Waals surface area contributed by atoms with Crippen molar-refractivity contribution in [1.29, 1.82) is 0 Å². The number of hydrogen-bond acceptors (Lipinski definition) is 4. The van der Waals surface area contributed by atoms with E-state index in [1.807, 2.05) is 60.7 Å². The van der Waals surface area contributed by atoms with E-state index in [0.717, 1.165) is 16.7 Å². The highest BCUT2D eigenvalue weighted by Gasteiger charge is 2.14. The molecule has 0 fully saturated rings. The second kappa shape index (κ2) is 8.91. The van der Waals surface area contributed by atoms with Gasteiger partial charge >= 0.3 is 0 Å². The number of ether oxygens (including phenoxy) is 3. The number of rotatable bonds is 7. The second-order valence-electron chi connectivity index (χ2n) is 6.06. The molecule has 28 heavy (non-hydrogen) atoms. The SMILES string of the molecule is COc1ccc(/C=C/C(=O)c2ccc(-c3ccccc3)cc2)c(OC)c1OC. The molecule has 0 aliphatic heterocycles. The van der Waals surface area contributed by atoms with Crippen molar-refractivity contribution in [3.05, 3.63) is 83.9 Å². The van der Waals surface area contributed by atoms with Gasteiger partial charge in [0.2, 0.25) is 5.75 Å². The maximum atomic E-state index is 12.6. The van der Waals surface area contributed by atoms with Gasteiger partial charge in [0.1, 0.15) is 0 Å². The lowest BCUT2D eigenvalue weighted by molar-refractivity contribution is 0.104. The van der Waals surface area contributed by atoms with Crippen LogP contribution < -0.4 is 14.2 Å².